The Morgan fingerprint density at radius 1 is 1.50 bits per heavy atom. The van der Waals surface area contributed by atoms with Crippen LogP contribution in [0.2, 0.25) is 0 Å². The minimum atomic E-state index is 0.804. The second-order valence-electron chi connectivity index (χ2n) is 2.88. The monoisotopic (exact) mass is 231 g/mol. The van der Waals surface area contributed by atoms with Gasteiger partial charge in [0, 0.05) is 13.7 Å². The molecule has 0 unspecified atom stereocenters. The molecule has 0 bridgehead atoms. The molecule has 0 spiro atoms. The van der Waals surface area contributed by atoms with Crippen molar-refractivity contribution in [2.45, 2.75) is 10.6 Å². The van der Waals surface area contributed by atoms with Crippen molar-refractivity contribution in [2.75, 3.05) is 32.6 Å². The number of thioether (sulfide) groups is 1. The highest BCUT2D eigenvalue weighted by molar-refractivity contribution is 8.01. The summed E-state index contributed by atoms with van der Waals surface area (Å²) >= 11 is 3.76. The van der Waals surface area contributed by atoms with E-state index in [2.05, 4.69) is 22.8 Å². The number of nitrogens with one attached hydrogen (secondary N) is 1. The fraction of sp³-hybridized carbons (Fsp3) is 0.600. The van der Waals surface area contributed by atoms with E-state index in [0.717, 1.165) is 19.7 Å². The number of rotatable bonds is 8. The second-order valence-corrected chi connectivity index (χ2v) is 5.22. The smallest absolute Gasteiger partial charge is 0.0598 e. The molecule has 0 aliphatic heterocycles. The SMILES string of the molecule is COCCNCCCSc1cccs1. The van der Waals surface area contributed by atoms with E-state index < -0.39 is 0 Å². The predicted octanol–water partition coefficient (Wildman–Crippen LogP) is 2.47. The van der Waals surface area contributed by atoms with Crippen LogP contribution in [0.3, 0.4) is 0 Å². The van der Waals surface area contributed by atoms with Gasteiger partial charge in [-0.3, -0.25) is 0 Å². The molecule has 1 N–H and O–H groups in total. The van der Waals surface area contributed by atoms with Crippen LogP contribution in [-0.2, 0) is 4.74 Å². The standard InChI is InChI=1S/C10H17NOS2/c1-12-7-6-11-5-3-9-14-10-4-2-8-13-10/h2,4,8,11H,3,5-7,9H2,1H3. The van der Waals surface area contributed by atoms with E-state index in [-0.39, 0.29) is 0 Å². The van der Waals surface area contributed by atoms with Crippen LogP contribution in [-0.4, -0.2) is 32.6 Å². The molecule has 0 fully saturated rings. The zero-order valence-corrected chi connectivity index (χ0v) is 10.1. The average Bonchev–Trinajstić information content (AvgIpc) is 2.69. The molecule has 1 rings (SSSR count). The quantitative estimate of drug-likeness (QED) is 0.548. The first kappa shape index (κ1) is 12.0. The topological polar surface area (TPSA) is 21.3 Å². The molecule has 0 amide bonds. The molecule has 0 radical (unpaired) electrons. The van der Waals surface area contributed by atoms with Gasteiger partial charge in [0.25, 0.3) is 0 Å². The van der Waals surface area contributed by atoms with E-state index in [0.29, 0.717) is 0 Å². The third-order valence-corrected chi connectivity index (χ3v) is 3.94. The number of thiophene rings is 1. The van der Waals surface area contributed by atoms with Gasteiger partial charge in [0.05, 0.1) is 10.8 Å². The van der Waals surface area contributed by atoms with Gasteiger partial charge in [-0.05, 0) is 30.2 Å². The zero-order valence-electron chi connectivity index (χ0n) is 8.49. The average molecular weight is 231 g/mol. The van der Waals surface area contributed by atoms with E-state index in [4.69, 9.17) is 4.74 Å². The Kier molecular flexibility index (Phi) is 7.13. The molecule has 0 atom stereocenters. The normalized spacial score (nSPS) is 10.6. The fourth-order valence-electron chi connectivity index (χ4n) is 1.01. The first-order chi connectivity index (χ1) is 6.93. The van der Waals surface area contributed by atoms with Gasteiger partial charge in [-0.1, -0.05) is 6.07 Å². The van der Waals surface area contributed by atoms with E-state index in [1.165, 1.54) is 16.4 Å². The lowest BCUT2D eigenvalue weighted by Gasteiger charge is -2.02. The molecule has 80 valence electrons. The summed E-state index contributed by atoms with van der Waals surface area (Å²) in [5.74, 6) is 1.19. The Hall–Kier alpha value is -0.0300. The summed E-state index contributed by atoms with van der Waals surface area (Å²) in [5, 5.41) is 5.46. The highest BCUT2D eigenvalue weighted by Gasteiger charge is 1.93. The first-order valence-corrected chi connectivity index (χ1v) is 6.66. The third-order valence-electron chi connectivity index (χ3n) is 1.72. The van der Waals surface area contributed by atoms with Crippen molar-refractivity contribution in [3.63, 3.8) is 0 Å². The van der Waals surface area contributed by atoms with E-state index in [9.17, 15) is 0 Å². The molecular formula is C10H17NOS2. The highest BCUT2D eigenvalue weighted by atomic mass is 32.2. The van der Waals surface area contributed by atoms with Gasteiger partial charge in [-0.2, -0.15) is 0 Å². The summed E-state index contributed by atoms with van der Waals surface area (Å²) in [6.45, 7) is 2.85. The summed E-state index contributed by atoms with van der Waals surface area (Å²) in [6, 6.07) is 4.28. The lowest BCUT2D eigenvalue weighted by atomic mass is 10.5. The first-order valence-electron chi connectivity index (χ1n) is 4.79. The molecule has 0 aliphatic carbocycles. The van der Waals surface area contributed by atoms with Crippen LogP contribution in [0.15, 0.2) is 21.7 Å². The lowest BCUT2D eigenvalue weighted by Crippen LogP contribution is -2.20. The van der Waals surface area contributed by atoms with Crippen molar-refractivity contribution in [2.24, 2.45) is 0 Å². The van der Waals surface area contributed by atoms with Gasteiger partial charge < -0.3 is 10.1 Å². The Morgan fingerprint density at radius 3 is 3.14 bits per heavy atom. The molecule has 0 saturated carbocycles. The second kappa shape index (κ2) is 8.29. The Balaban J connectivity index is 1.85. The maximum atomic E-state index is 4.94. The van der Waals surface area contributed by atoms with Gasteiger partial charge in [0.2, 0.25) is 0 Å². The Morgan fingerprint density at radius 2 is 2.43 bits per heavy atom. The molecular weight excluding hydrogens is 214 g/mol. The van der Waals surface area contributed by atoms with Crippen LogP contribution >= 0.6 is 23.1 Å². The molecule has 1 aromatic heterocycles. The van der Waals surface area contributed by atoms with Gasteiger partial charge in [0.15, 0.2) is 0 Å². The van der Waals surface area contributed by atoms with Crippen LogP contribution in [0.25, 0.3) is 0 Å². The third kappa shape index (κ3) is 5.65. The summed E-state index contributed by atoms with van der Waals surface area (Å²) in [4.78, 5) is 0. The molecule has 0 saturated heterocycles. The number of ether oxygens (including phenoxy) is 1. The predicted molar refractivity (Wildman–Crippen MR) is 64.4 cm³/mol. The molecule has 14 heavy (non-hydrogen) atoms. The van der Waals surface area contributed by atoms with Crippen molar-refractivity contribution in [3.8, 4) is 0 Å². The number of hydrogen-bond acceptors (Lipinski definition) is 4. The highest BCUT2D eigenvalue weighted by Crippen LogP contribution is 2.23. The van der Waals surface area contributed by atoms with Crippen LogP contribution in [0.1, 0.15) is 6.42 Å². The lowest BCUT2D eigenvalue weighted by molar-refractivity contribution is 0.199. The van der Waals surface area contributed by atoms with Crippen LogP contribution in [0.4, 0.5) is 0 Å². The summed E-state index contributed by atoms with van der Waals surface area (Å²) in [5.41, 5.74) is 0. The minimum absolute atomic E-state index is 0.804. The summed E-state index contributed by atoms with van der Waals surface area (Å²) in [6.07, 6.45) is 1.21. The van der Waals surface area contributed by atoms with E-state index in [1.54, 1.807) is 7.11 Å². The van der Waals surface area contributed by atoms with Crippen LogP contribution < -0.4 is 5.32 Å². The van der Waals surface area contributed by atoms with Crippen molar-refractivity contribution < 1.29 is 4.74 Å². The molecule has 1 aromatic rings. The molecule has 0 aromatic carbocycles. The zero-order chi connectivity index (χ0) is 10.1. The van der Waals surface area contributed by atoms with E-state index >= 15 is 0 Å². The maximum Gasteiger partial charge on any atom is 0.0598 e. The summed E-state index contributed by atoms with van der Waals surface area (Å²) < 4.78 is 6.36. The molecule has 4 heteroatoms. The van der Waals surface area contributed by atoms with Gasteiger partial charge in [0.1, 0.15) is 0 Å². The largest absolute Gasteiger partial charge is 0.383 e. The van der Waals surface area contributed by atoms with Crippen molar-refractivity contribution in [1.82, 2.24) is 5.32 Å². The minimum Gasteiger partial charge on any atom is -0.383 e. The van der Waals surface area contributed by atoms with Crippen molar-refractivity contribution >= 4 is 23.1 Å². The number of hydrogen-bond donors (Lipinski definition) is 1. The number of methoxy groups -OCH3 is 1. The molecule has 0 aliphatic rings. The Labute approximate surface area is 94.0 Å². The van der Waals surface area contributed by atoms with Gasteiger partial charge in [-0.15, -0.1) is 23.1 Å². The van der Waals surface area contributed by atoms with Crippen LogP contribution in [0.5, 0.6) is 0 Å². The Bertz CT molecular complexity index is 214. The van der Waals surface area contributed by atoms with Crippen molar-refractivity contribution in [1.29, 1.82) is 0 Å². The molecule has 1 heterocycles. The van der Waals surface area contributed by atoms with Gasteiger partial charge in [-0.25, -0.2) is 0 Å². The van der Waals surface area contributed by atoms with Crippen LogP contribution in [0, 0.1) is 0 Å². The molecule has 2 nitrogen and oxygen atoms in total. The van der Waals surface area contributed by atoms with Gasteiger partial charge >= 0.3 is 0 Å². The maximum absolute atomic E-state index is 4.94. The fourth-order valence-corrected chi connectivity index (χ4v) is 2.82. The summed E-state index contributed by atoms with van der Waals surface area (Å²) in [7, 11) is 1.73. The van der Waals surface area contributed by atoms with Crippen molar-refractivity contribution in [3.05, 3.63) is 17.5 Å². The van der Waals surface area contributed by atoms with E-state index in [1.807, 2.05) is 23.1 Å².